The predicted octanol–water partition coefficient (Wildman–Crippen LogP) is 1.52. The molecule has 1 saturated heterocycles. The Morgan fingerprint density at radius 1 is 1.26 bits per heavy atom. The molecule has 0 radical (unpaired) electrons. The van der Waals surface area contributed by atoms with Crippen LogP contribution in [0.4, 0.5) is 19.6 Å². The number of ether oxygens (including phenoxy) is 1. The number of hydrogen-bond donors (Lipinski definition) is 1. The Balaban J connectivity index is 1.64. The zero-order valence-corrected chi connectivity index (χ0v) is 14.6. The maximum atomic E-state index is 13.7. The SMILES string of the molecule is O=C(Nc1ccc(F)cc1F)c1cnc2sc(N3CCOCC3)nn2c1=O. The van der Waals surface area contributed by atoms with E-state index in [1.807, 2.05) is 4.90 Å². The zero-order chi connectivity index (χ0) is 19.0. The second-order valence-corrected chi connectivity index (χ2v) is 6.67. The molecule has 0 atom stereocenters. The lowest BCUT2D eigenvalue weighted by atomic mass is 10.2. The van der Waals surface area contributed by atoms with Crippen molar-refractivity contribution in [1.82, 2.24) is 14.6 Å². The van der Waals surface area contributed by atoms with Gasteiger partial charge in [-0.2, -0.15) is 4.52 Å². The van der Waals surface area contributed by atoms with Gasteiger partial charge in [-0.15, -0.1) is 5.10 Å². The van der Waals surface area contributed by atoms with Crippen molar-refractivity contribution in [2.24, 2.45) is 0 Å². The molecular formula is C16H13F2N5O3S. The molecule has 1 aliphatic rings. The van der Waals surface area contributed by atoms with Crippen LogP contribution in [-0.4, -0.2) is 46.8 Å². The number of carbonyl (C=O) groups excluding carboxylic acids is 1. The molecule has 1 amide bonds. The number of aromatic nitrogens is 3. The number of carbonyl (C=O) groups is 1. The first kappa shape index (κ1) is 17.5. The molecule has 0 bridgehead atoms. The van der Waals surface area contributed by atoms with Crippen molar-refractivity contribution in [1.29, 1.82) is 0 Å². The predicted molar refractivity (Wildman–Crippen MR) is 94.5 cm³/mol. The highest BCUT2D eigenvalue weighted by Crippen LogP contribution is 2.22. The van der Waals surface area contributed by atoms with Gasteiger partial charge in [0.2, 0.25) is 10.1 Å². The molecule has 11 heteroatoms. The van der Waals surface area contributed by atoms with E-state index in [0.29, 0.717) is 42.5 Å². The molecule has 1 N–H and O–H groups in total. The van der Waals surface area contributed by atoms with Gasteiger partial charge >= 0.3 is 0 Å². The van der Waals surface area contributed by atoms with Gasteiger partial charge in [-0.05, 0) is 12.1 Å². The fraction of sp³-hybridized carbons (Fsp3) is 0.250. The van der Waals surface area contributed by atoms with Crippen LogP contribution < -0.4 is 15.8 Å². The molecule has 27 heavy (non-hydrogen) atoms. The first-order chi connectivity index (χ1) is 13.0. The highest BCUT2D eigenvalue weighted by atomic mass is 32.1. The second-order valence-electron chi connectivity index (χ2n) is 5.73. The molecular weight excluding hydrogens is 380 g/mol. The summed E-state index contributed by atoms with van der Waals surface area (Å²) in [6.45, 7) is 2.42. The van der Waals surface area contributed by atoms with Crippen molar-refractivity contribution in [3.63, 3.8) is 0 Å². The number of amides is 1. The molecule has 8 nitrogen and oxygen atoms in total. The van der Waals surface area contributed by atoms with E-state index in [0.717, 1.165) is 22.8 Å². The van der Waals surface area contributed by atoms with Gasteiger partial charge in [0.15, 0.2) is 0 Å². The lowest BCUT2D eigenvalue weighted by Gasteiger charge is -2.25. The van der Waals surface area contributed by atoms with Crippen LogP contribution in [0, 0.1) is 11.6 Å². The summed E-state index contributed by atoms with van der Waals surface area (Å²) in [5.74, 6) is -2.57. The average Bonchev–Trinajstić information content (AvgIpc) is 3.10. The number of benzene rings is 1. The van der Waals surface area contributed by atoms with E-state index in [9.17, 15) is 18.4 Å². The maximum absolute atomic E-state index is 13.7. The average molecular weight is 393 g/mol. The van der Waals surface area contributed by atoms with Gasteiger partial charge in [0.1, 0.15) is 17.2 Å². The van der Waals surface area contributed by atoms with Crippen molar-refractivity contribution >= 4 is 33.0 Å². The van der Waals surface area contributed by atoms with Crippen LogP contribution in [0.2, 0.25) is 0 Å². The van der Waals surface area contributed by atoms with E-state index in [2.05, 4.69) is 15.4 Å². The van der Waals surface area contributed by atoms with Crippen LogP contribution >= 0.6 is 11.3 Å². The quantitative estimate of drug-likeness (QED) is 0.726. The Hall–Kier alpha value is -2.92. The lowest BCUT2D eigenvalue weighted by molar-refractivity contribution is 0.102. The van der Waals surface area contributed by atoms with Crippen molar-refractivity contribution in [3.05, 3.63) is 51.9 Å². The van der Waals surface area contributed by atoms with E-state index in [4.69, 9.17) is 4.74 Å². The third-order valence-electron chi connectivity index (χ3n) is 3.98. The molecule has 0 unspecified atom stereocenters. The molecule has 0 spiro atoms. The molecule has 2 aromatic heterocycles. The number of nitrogens with one attached hydrogen (secondary N) is 1. The largest absolute Gasteiger partial charge is 0.378 e. The summed E-state index contributed by atoms with van der Waals surface area (Å²) in [5, 5.41) is 7.09. The summed E-state index contributed by atoms with van der Waals surface area (Å²) in [6.07, 6.45) is 1.12. The van der Waals surface area contributed by atoms with Crippen molar-refractivity contribution in [2.45, 2.75) is 0 Å². The lowest BCUT2D eigenvalue weighted by Crippen LogP contribution is -2.36. The molecule has 1 aromatic carbocycles. The minimum atomic E-state index is -0.944. The minimum Gasteiger partial charge on any atom is -0.378 e. The van der Waals surface area contributed by atoms with Crippen LogP contribution in [0.1, 0.15) is 10.4 Å². The molecule has 3 heterocycles. The van der Waals surface area contributed by atoms with Crippen molar-refractivity contribution in [3.8, 4) is 0 Å². The van der Waals surface area contributed by atoms with E-state index in [1.165, 1.54) is 11.3 Å². The first-order valence-electron chi connectivity index (χ1n) is 8.01. The number of halogens is 2. The summed E-state index contributed by atoms with van der Waals surface area (Å²) in [5.41, 5.74) is -1.20. The Labute approximate surface area is 155 Å². The van der Waals surface area contributed by atoms with Crippen molar-refractivity contribution < 1.29 is 18.3 Å². The van der Waals surface area contributed by atoms with Crippen LogP contribution in [0.5, 0.6) is 0 Å². The molecule has 1 fully saturated rings. The van der Waals surface area contributed by atoms with Gasteiger partial charge in [0.05, 0.1) is 18.9 Å². The molecule has 140 valence electrons. The highest BCUT2D eigenvalue weighted by Gasteiger charge is 2.20. The van der Waals surface area contributed by atoms with Crippen LogP contribution in [0.15, 0.2) is 29.2 Å². The summed E-state index contributed by atoms with van der Waals surface area (Å²) in [7, 11) is 0. The molecule has 4 rings (SSSR count). The Morgan fingerprint density at radius 2 is 2.04 bits per heavy atom. The summed E-state index contributed by atoms with van der Waals surface area (Å²) < 4.78 is 33.0. The number of anilines is 2. The highest BCUT2D eigenvalue weighted by molar-refractivity contribution is 7.20. The van der Waals surface area contributed by atoms with Crippen molar-refractivity contribution in [2.75, 3.05) is 36.5 Å². The third-order valence-corrected chi connectivity index (χ3v) is 4.97. The summed E-state index contributed by atoms with van der Waals surface area (Å²) in [6, 6.07) is 2.71. The maximum Gasteiger partial charge on any atom is 0.288 e. The molecule has 1 aliphatic heterocycles. The number of hydrogen-bond acceptors (Lipinski definition) is 7. The number of fused-ring (bicyclic) bond motifs is 1. The number of rotatable bonds is 3. The second kappa shape index (κ2) is 7.00. The van der Waals surface area contributed by atoms with Gasteiger partial charge in [-0.3, -0.25) is 9.59 Å². The Morgan fingerprint density at radius 3 is 2.78 bits per heavy atom. The van der Waals surface area contributed by atoms with Gasteiger partial charge in [0.25, 0.3) is 11.5 Å². The minimum absolute atomic E-state index is 0.238. The molecule has 0 saturated carbocycles. The molecule has 3 aromatic rings. The monoisotopic (exact) mass is 393 g/mol. The normalized spacial score (nSPS) is 14.5. The van der Waals surface area contributed by atoms with Gasteiger partial charge in [-0.1, -0.05) is 11.3 Å². The van der Waals surface area contributed by atoms with Crippen LogP contribution in [0.25, 0.3) is 4.96 Å². The summed E-state index contributed by atoms with van der Waals surface area (Å²) in [4.78, 5) is 31.4. The standard InChI is InChI=1S/C16H13F2N5O3S/c17-9-1-2-12(11(18)7-9)20-13(24)10-8-19-15-23(14(10)25)21-16(27-15)22-3-5-26-6-4-22/h1-2,7-8H,3-6H2,(H,20,24). The smallest absolute Gasteiger partial charge is 0.288 e. The number of morpholine rings is 1. The first-order valence-corrected chi connectivity index (χ1v) is 8.82. The van der Waals surface area contributed by atoms with E-state index < -0.39 is 23.1 Å². The fourth-order valence-corrected chi connectivity index (χ4v) is 3.51. The molecule has 0 aliphatic carbocycles. The fourth-order valence-electron chi connectivity index (χ4n) is 2.59. The Kier molecular flexibility index (Phi) is 4.54. The number of nitrogens with zero attached hydrogens (tertiary/aromatic N) is 4. The van der Waals surface area contributed by atoms with Gasteiger partial charge < -0.3 is 15.0 Å². The van der Waals surface area contributed by atoms with E-state index in [1.54, 1.807) is 0 Å². The summed E-state index contributed by atoms with van der Waals surface area (Å²) >= 11 is 1.22. The van der Waals surface area contributed by atoms with Crippen LogP contribution in [0.3, 0.4) is 0 Å². The van der Waals surface area contributed by atoms with E-state index >= 15 is 0 Å². The van der Waals surface area contributed by atoms with Crippen LogP contribution in [-0.2, 0) is 4.74 Å². The van der Waals surface area contributed by atoms with Gasteiger partial charge in [-0.25, -0.2) is 13.8 Å². The third kappa shape index (κ3) is 3.38. The van der Waals surface area contributed by atoms with Gasteiger partial charge in [0, 0.05) is 25.4 Å². The zero-order valence-electron chi connectivity index (χ0n) is 13.8. The topological polar surface area (TPSA) is 88.8 Å². The Bertz CT molecular complexity index is 1080. The van der Waals surface area contributed by atoms with E-state index in [-0.39, 0.29) is 11.3 Å².